The molecule has 15 heavy (non-hydrogen) atoms. The van der Waals surface area contributed by atoms with Gasteiger partial charge < -0.3 is 10.4 Å². The summed E-state index contributed by atoms with van der Waals surface area (Å²) in [5.41, 5.74) is 0.706. The third-order valence-corrected chi connectivity index (χ3v) is 3.37. The third-order valence-electron chi connectivity index (χ3n) is 2.30. The fourth-order valence-corrected chi connectivity index (χ4v) is 2.71. The molecule has 0 aliphatic rings. The Labute approximate surface area is 91.4 Å². The average Bonchev–Trinajstić information content (AvgIpc) is 2.52. The van der Waals surface area contributed by atoms with Crippen molar-refractivity contribution < 1.29 is 9.90 Å². The van der Waals surface area contributed by atoms with Gasteiger partial charge in [0.1, 0.15) is 5.75 Å². The first kappa shape index (κ1) is 9.98. The van der Waals surface area contributed by atoms with Crippen molar-refractivity contribution in [3.63, 3.8) is 0 Å². The van der Waals surface area contributed by atoms with E-state index < -0.39 is 0 Å². The molecular weight excluding hydrogens is 210 g/mol. The minimum absolute atomic E-state index is 0.0792. The van der Waals surface area contributed by atoms with E-state index in [2.05, 4.69) is 5.32 Å². The molecule has 2 aromatic rings. The van der Waals surface area contributed by atoms with Crippen LogP contribution in [-0.2, 0) is 0 Å². The maximum Gasteiger partial charge on any atom is 0.252 e. The van der Waals surface area contributed by atoms with Gasteiger partial charge in [0.05, 0.1) is 5.56 Å². The van der Waals surface area contributed by atoms with Gasteiger partial charge in [0, 0.05) is 22.0 Å². The molecule has 0 saturated carbocycles. The van der Waals surface area contributed by atoms with Crippen LogP contribution in [-0.4, -0.2) is 18.1 Å². The Hall–Kier alpha value is -1.55. The second kappa shape index (κ2) is 3.55. The summed E-state index contributed by atoms with van der Waals surface area (Å²) < 4.78 is 0.936. The van der Waals surface area contributed by atoms with Gasteiger partial charge in [-0.3, -0.25) is 4.79 Å². The molecule has 2 rings (SSSR count). The van der Waals surface area contributed by atoms with E-state index in [4.69, 9.17) is 0 Å². The lowest BCUT2D eigenvalue weighted by molar-refractivity contribution is 0.0964. The summed E-state index contributed by atoms with van der Waals surface area (Å²) in [5, 5.41) is 12.9. The molecule has 0 saturated heterocycles. The average molecular weight is 221 g/mol. The van der Waals surface area contributed by atoms with E-state index in [0.29, 0.717) is 5.56 Å². The summed E-state index contributed by atoms with van der Waals surface area (Å²) in [6, 6.07) is 5.05. The predicted molar refractivity (Wildman–Crippen MR) is 61.6 cm³/mol. The lowest BCUT2D eigenvalue weighted by Crippen LogP contribution is -2.18. The number of carbonyl (C=O) groups is 1. The van der Waals surface area contributed by atoms with Gasteiger partial charge in [0.25, 0.3) is 5.91 Å². The van der Waals surface area contributed by atoms with E-state index in [0.717, 1.165) is 15.0 Å². The van der Waals surface area contributed by atoms with Gasteiger partial charge >= 0.3 is 0 Å². The lowest BCUT2D eigenvalue weighted by Gasteiger charge is -1.99. The molecule has 0 bridgehead atoms. The molecule has 0 aliphatic heterocycles. The highest BCUT2D eigenvalue weighted by atomic mass is 32.1. The Morgan fingerprint density at radius 2 is 2.20 bits per heavy atom. The van der Waals surface area contributed by atoms with Crippen LogP contribution in [0.15, 0.2) is 18.2 Å². The van der Waals surface area contributed by atoms with Crippen LogP contribution in [0.4, 0.5) is 0 Å². The normalized spacial score (nSPS) is 10.5. The topological polar surface area (TPSA) is 49.3 Å². The summed E-state index contributed by atoms with van der Waals surface area (Å²) in [6.07, 6.45) is 0. The molecule has 1 amide bonds. The molecule has 1 aromatic heterocycles. The van der Waals surface area contributed by atoms with Gasteiger partial charge in [-0.15, -0.1) is 11.3 Å². The number of fused-ring (bicyclic) bond motifs is 1. The highest BCUT2D eigenvalue weighted by Crippen LogP contribution is 2.32. The maximum absolute atomic E-state index is 11.6. The number of carbonyl (C=O) groups excluding carboxylic acids is 1. The van der Waals surface area contributed by atoms with Crippen molar-refractivity contribution in [3.05, 3.63) is 28.6 Å². The smallest absolute Gasteiger partial charge is 0.252 e. The van der Waals surface area contributed by atoms with Crippen LogP contribution in [0.3, 0.4) is 0 Å². The Morgan fingerprint density at radius 3 is 2.87 bits per heavy atom. The predicted octanol–water partition coefficient (Wildman–Crippen LogP) is 2.27. The van der Waals surface area contributed by atoms with Crippen LogP contribution < -0.4 is 5.32 Å². The van der Waals surface area contributed by atoms with Crippen molar-refractivity contribution in [3.8, 4) is 5.75 Å². The van der Waals surface area contributed by atoms with Gasteiger partial charge in [0.15, 0.2) is 0 Å². The molecule has 1 heterocycles. The van der Waals surface area contributed by atoms with Gasteiger partial charge in [-0.05, 0) is 25.1 Å². The molecule has 0 radical (unpaired) electrons. The maximum atomic E-state index is 11.6. The van der Waals surface area contributed by atoms with Crippen LogP contribution in [0.2, 0.25) is 0 Å². The van der Waals surface area contributed by atoms with Crippen LogP contribution >= 0.6 is 11.3 Å². The van der Waals surface area contributed by atoms with Crippen LogP contribution in [0.1, 0.15) is 15.2 Å². The fourth-order valence-electron chi connectivity index (χ4n) is 1.61. The van der Waals surface area contributed by atoms with Crippen molar-refractivity contribution in [1.29, 1.82) is 0 Å². The van der Waals surface area contributed by atoms with E-state index >= 15 is 0 Å². The second-order valence-electron chi connectivity index (χ2n) is 3.29. The number of thiophene rings is 1. The number of nitrogens with one attached hydrogen (secondary N) is 1. The SMILES string of the molecule is CNC(=O)c1c(C)sc2cc(O)ccc12. The Bertz CT molecular complexity index is 531. The van der Waals surface area contributed by atoms with Crippen molar-refractivity contribution in [2.45, 2.75) is 6.92 Å². The fraction of sp³-hybridized carbons (Fsp3) is 0.182. The number of benzene rings is 1. The molecule has 3 nitrogen and oxygen atoms in total. The second-order valence-corrected chi connectivity index (χ2v) is 4.55. The first-order chi connectivity index (χ1) is 7.13. The van der Waals surface area contributed by atoms with Crippen molar-refractivity contribution in [2.75, 3.05) is 7.05 Å². The zero-order chi connectivity index (χ0) is 11.0. The highest BCUT2D eigenvalue weighted by molar-refractivity contribution is 7.19. The van der Waals surface area contributed by atoms with Crippen molar-refractivity contribution in [1.82, 2.24) is 5.32 Å². The molecule has 78 valence electrons. The Morgan fingerprint density at radius 1 is 1.47 bits per heavy atom. The Balaban J connectivity index is 2.73. The van der Waals surface area contributed by atoms with Gasteiger partial charge in [0.2, 0.25) is 0 Å². The van der Waals surface area contributed by atoms with Gasteiger partial charge in [-0.1, -0.05) is 0 Å². The number of hydrogen-bond acceptors (Lipinski definition) is 3. The zero-order valence-electron chi connectivity index (χ0n) is 8.50. The van der Waals surface area contributed by atoms with Gasteiger partial charge in [-0.25, -0.2) is 0 Å². The number of phenols is 1. The molecule has 0 fully saturated rings. The summed E-state index contributed by atoms with van der Waals surface area (Å²) in [7, 11) is 1.62. The van der Waals surface area contributed by atoms with Crippen LogP contribution in [0.25, 0.3) is 10.1 Å². The number of aromatic hydroxyl groups is 1. The number of rotatable bonds is 1. The van der Waals surface area contributed by atoms with E-state index in [1.807, 2.05) is 6.92 Å². The highest BCUT2D eigenvalue weighted by Gasteiger charge is 2.14. The lowest BCUT2D eigenvalue weighted by atomic mass is 10.1. The molecule has 0 unspecified atom stereocenters. The molecule has 0 atom stereocenters. The van der Waals surface area contributed by atoms with Gasteiger partial charge in [-0.2, -0.15) is 0 Å². The summed E-state index contributed by atoms with van der Waals surface area (Å²) in [6.45, 7) is 1.91. The van der Waals surface area contributed by atoms with Crippen molar-refractivity contribution >= 4 is 27.3 Å². The third kappa shape index (κ3) is 1.57. The molecule has 0 spiro atoms. The van der Waals surface area contributed by atoms with Crippen LogP contribution in [0.5, 0.6) is 5.75 Å². The summed E-state index contributed by atoms with van der Waals surface area (Å²) >= 11 is 1.52. The van der Waals surface area contributed by atoms with Crippen LogP contribution in [0, 0.1) is 6.92 Å². The molecule has 1 aromatic carbocycles. The summed E-state index contributed by atoms with van der Waals surface area (Å²) in [5.74, 6) is 0.150. The quantitative estimate of drug-likeness (QED) is 0.776. The van der Waals surface area contributed by atoms with E-state index in [1.54, 1.807) is 25.2 Å². The monoisotopic (exact) mass is 221 g/mol. The molecular formula is C11H11NO2S. The number of aryl methyl sites for hydroxylation is 1. The standard InChI is InChI=1S/C11H11NO2S/c1-6-10(11(14)12-2)8-4-3-7(13)5-9(8)15-6/h3-5,13H,1-2H3,(H,12,14). The number of amides is 1. The molecule has 2 N–H and O–H groups in total. The first-order valence-corrected chi connectivity index (χ1v) is 5.39. The first-order valence-electron chi connectivity index (χ1n) is 4.57. The number of hydrogen-bond donors (Lipinski definition) is 2. The largest absolute Gasteiger partial charge is 0.508 e. The summed E-state index contributed by atoms with van der Waals surface area (Å²) in [4.78, 5) is 12.6. The minimum Gasteiger partial charge on any atom is -0.508 e. The van der Waals surface area contributed by atoms with Crippen molar-refractivity contribution in [2.24, 2.45) is 0 Å². The van der Waals surface area contributed by atoms with E-state index in [-0.39, 0.29) is 11.7 Å². The van der Waals surface area contributed by atoms with E-state index in [9.17, 15) is 9.90 Å². The minimum atomic E-state index is -0.0792. The number of phenolic OH excluding ortho intramolecular Hbond substituents is 1. The molecule has 4 heteroatoms. The Kier molecular flexibility index (Phi) is 2.36. The molecule has 0 aliphatic carbocycles. The zero-order valence-corrected chi connectivity index (χ0v) is 9.31. The van der Waals surface area contributed by atoms with E-state index in [1.165, 1.54) is 11.3 Å².